The first-order chi connectivity index (χ1) is 11.9. The van der Waals surface area contributed by atoms with Crippen molar-refractivity contribution >= 4 is 27.5 Å². The number of amides is 1. The van der Waals surface area contributed by atoms with E-state index in [1.54, 1.807) is 4.90 Å². The molecule has 132 valence electrons. The highest BCUT2D eigenvalue weighted by molar-refractivity contribution is 7.89. The molecule has 1 amide bonds. The molecule has 0 aliphatic carbocycles. The molecule has 0 spiro atoms. The normalized spacial score (nSPS) is 17.9. The molecule has 1 N–H and O–H groups in total. The largest absolute Gasteiger partial charge is 0.338 e. The lowest BCUT2D eigenvalue weighted by atomic mass is 10.1. The van der Waals surface area contributed by atoms with Gasteiger partial charge in [0.25, 0.3) is 0 Å². The van der Waals surface area contributed by atoms with Crippen LogP contribution in [-0.4, -0.2) is 32.3 Å². The third kappa shape index (κ3) is 4.60. The van der Waals surface area contributed by atoms with Crippen LogP contribution in [0.1, 0.15) is 12.0 Å². The fraction of sp³-hybridized carbons (Fsp3) is 0.278. The second-order valence-corrected chi connectivity index (χ2v) is 8.34. The maximum Gasteiger partial charge on any atom is 0.240 e. The van der Waals surface area contributed by atoms with E-state index in [2.05, 4.69) is 4.72 Å². The van der Waals surface area contributed by atoms with Crippen molar-refractivity contribution in [2.75, 3.05) is 13.1 Å². The summed E-state index contributed by atoms with van der Waals surface area (Å²) in [7, 11) is -3.60. The molecular weight excluding hydrogens is 360 g/mol. The molecule has 0 aromatic heterocycles. The average Bonchev–Trinajstić information content (AvgIpc) is 2.94. The molecule has 1 heterocycles. The van der Waals surface area contributed by atoms with Crippen molar-refractivity contribution in [3.8, 4) is 0 Å². The number of carbonyl (C=O) groups excluding carboxylic acids is 1. The summed E-state index contributed by atoms with van der Waals surface area (Å²) in [5, 5.41) is 0.483. The van der Waals surface area contributed by atoms with Gasteiger partial charge >= 0.3 is 0 Å². The Balaban J connectivity index is 1.57. The van der Waals surface area contributed by atoms with Crippen LogP contribution >= 0.6 is 11.6 Å². The molecule has 1 saturated heterocycles. The molecule has 25 heavy (non-hydrogen) atoms. The van der Waals surface area contributed by atoms with Crippen molar-refractivity contribution in [1.82, 2.24) is 9.62 Å². The van der Waals surface area contributed by atoms with Gasteiger partial charge in [0.15, 0.2) is 0 Å². The zero-order valence-corrected chi connectivity index (χ0v) is 15.1. The van der Waals surface area contributed by atoms with E-state index in [4.69, 9.17) is 11.6 Å². The molecule has 1 atom stereocenters. The van der Waals surface area contributed by atoms with Gasteiger partial charge in [0, 0.05) is 31.1 Å². The number of hydrogen-bond acceptors (Lipinski definition) is 3. The number of carbonyl (C=O) groups is 1. The molecular formula is C18H19ClN2O3S. The molecule has 0 radical (unpaired) electrons. The van der Waals surface area contributed by atoms with Gasteiger partial charge in [-0.1, -0.05) is 41.9 Å². The zero-order chi connectivity index (χ0) is 17.9. The fourth-order valence-electron chi connectivity index (χ4n) is 2.87. The Hall–Kier alpha value is -1.89. The fourth-order valence-corrected chi connectivity index (χ4v) is 4.11. The summed E-state index contributed by atoms with van der Waals surface area (Å²) in [5.74, 6) is 0.0258. The summed E-state index contributed by atoms with van der Waals surface area (Å²) in [6.07, 6.45) is 0.357. The summed E-state index contributed by atoms with van der Waals surface area (Å²) in [6, 6.07) is 15.8. The molecule has 7 heteroatoms. The Morgan fingerprint density at radius 1 is 1.08 bits per heavy atom. The lowest BCUT2D eigenvalue weighted by Gasteiger charge is -2.17. The number of sulfonamides is 1. The number of likely N-dealkylation sites (tertiary alicyclic amines) is 1. The van der Waals surface area contributed by atoms with Gasteiger partial charge in [-0.05, 0) is 35.7 Å². The third-order valence-corrected chi connectivity index (χ3v) is 5.89. The maximum absolute atomic E-state index is 12.3. The van der Waals surface area contributed by atoms with Gasteiger partial charge in [-0.3, -0.25) is 4.79 Å². The lowest BCUT2D eigenvalue weighted by molar-refractivity contribution is -0.128. The van der Waals surface area contributed by atoms with Gasteiger partial charge in [0.2, 0.25) is 15.9 Å². The average molecular weight is 379 g/mol. The first-order valence-electron chi connectivity index (χ1n) is 8.01. The van der Waals surface area contributed by atoms with Crippen molar-refractivity contribution in [3.63, 3.8) is 0 Å². The SMILES string of the molecule is O=C1CC(CNS(=O)(=O)c2ccc(Cl)cc2)CN1Cc1ccccc1. The van der Waals surface area contributed by atoms with E-state index < -0.39 is 10.0 Å². The number of rotatable bonds is 6. The van der Waals surface area contributed by atoms with Crippen LogP contribution in [0.25, 0.3) is 0 Å². The first kappa shape index (κ1) is 17.9. The zero-order valence-electron chi connectivity index (χ0n) is 13.6. The highest BCUT2D eigenvalue weighted by Crippen LogP contribution is 2.21. The molecule has 5 nitrogen and oxygen atoms in total. The van der Waals surface area contributed by atoms with Crippen LogP contribution in [0.4, 0.5) is 0 Å². The van der Waals surface area contributed by atoms with Gasteiger partial charge in [0.1, 0.15) is 0 Å². The number of hydrogen-bond donors (Lipinski definition) is 1. The van der Waals surface area contributed by atoms with Crippen LogP contribution in [0.2, 0.25) is 5.02 Å². The van der Waals surface area contributed by atoms with Gasteiger partial charge < -0.3 is 4.90 Å². The van der Waals surface area contributed by atoms with Crippen LogP contribution in [0.15, 0.2) is 59.5 Å². The molecule has 0 saturated carbocycles. The summed E-state index contributed by atoms with van der Waals surface area (Å²) >= 11 is 5.78. The molecule has 3 rings (SSSR count). The van der Waals surface area contributed by atoms with E-state index in [9.17, 15) is 13.2 Å². The topological polar surface area (TPSA) is 66.5 Å². The van der Waals surface area contributed by atoms with E-state index in [1.807, 2.05) is 30.3 Å². The highest BCUT2D eigenvalue weighted by atomic mass is 35.5. The number of benzene rings is 2. The molecule has 1 unspecified atom stereocenters. The minimum atomic E-state index is -3.60. The molecule has 0 bridgehead atoms. The smallest absolute Gasteiger partial charge is 0.240 e. The van der Waals surface area contributed by atoms with Crippen molar-refractivity contribution in [2.45, 2.75) is 17.9 Å². The minimum Gasteiger partial charge on any atom is -0.338 e. The molecule has 2 aromatic carbocycles. The van der Waals surface area contributed by atoms with E-state index in [0.717, 1.165) is 5.56 Å². The Kier molecular flexibility index (Phi) is 5.42. The Labute approximate surface area is 152 Å². The van der Waals surface area contributed by atoms with Crippen LogP contribution in [0, 0.1) is 5.92 Å². The predicted octanol–water partition coefficient (Wildman–Crippen LogP) is 2.67. The second kappa shape index (κ2) is 7.56. The van der Waals surface area contributed by atoms with E-state index in [1.165, 1.54) is 24.3 Å². The predicted molar refractivity (Wildman–Crippen MR) is 96.6 cm³/mol. The van der Waals surface area contributed by atoms with Crippen molar-refractivity contribution in [3.05, 3.63) is 65.2 Å². The van der Waals surface area contributed by atoms with Crippen LogP contribution in [0.5, 0.6) is 0 Å². The summed E-state index contributed by atoms with van der Waals surface area (Å²) in [6.45, 7) is 1.35. The number of nitrogens with one attached hydrogen (secondary N) is 1. The molecule has 2 aromatic rings. The Morgan fingerprint density at radius 2 is 1.76 bits per heavy atom. The van der Waals surface area contributed by atoms with Crippen molar-refractivity contribution in [1.29, 1.82) is 0 Å². The van der Waals surface area contributed by atoms with Gasteiger partial charge in [-0.2, -0.15) is 0 Å². The summed E-state index contributed by atoms with van der Waals surface area (Å²) < 4.78 is 27.2. The van der Waals surface area contributed by atoms with Gasteiger partial charge in [0.05, 0.1) is 4.90 Å². The van der Waals surface area contributed by atoms with Gasteiger partial charge in [-0.25, -0.2) is 13.1 Å². The molecule has 1 aliphatic heterocycles. The van der Waals surface area contributed by atoms with Gasteiger partial charge in [-0.15, -0.1) is 0 Å². The Morgan fingerprint density at radius 3 is 2.44 bits per heavy atom. The molecule has 1 aliphatic rings. The van der Waals surface area contributed by atoms with E-state index in [0.29, 0.717) is 24.5 Å². The van der Waals surface area contributed by atoms with Crippen LogP contribution in [0.3, 0.4) is 0 Å². The lowest BCUT2D eigenvalue weighted by Crippen LogP contribution is -2.31. The number of halogens is 1. The Bertz CT molecular complexity index is 838. The standard InChI is InChI=1S/C18H19ClN2O3S/c19-16-6-8-17(9-7-16)25(23,24)20-11-15-10-18(22)21(13-15)12-14-4-2-1-3-5-14/h1-9,15,20H,10-13H2. The first-order valence-corrected chi connectivity index (χ1v) is 9.87. The van der Waals surface area contributed by atoms with Crippen molar-refractivity contribution in [2.24, 2.45) is 5.92 Å². The van der Waals surface area contributed by atoms with Crippen LogP contribution < -0.4 is 4.72 Å². The van der Waals surface area contributed by atoms with E-state index >= 15 is 0 Å². The minimum absolute atomic E-state index is 0.0294. The van der Waals surface area contributed by atoms with Crippen molar-refractivity contribution < 1.29 is 13.2 Å². The quantitative estimate of drug-likeness (QED) is 0.840. The number of nitrogens with zero attached hydrogens (tertiary/aromatic N) is 1. The summed E-state index contributed by atoms with van der Waals surface area (Å²) in [5.41, 5.74) is 1.07. The third-order valence-electron chi connectivity index (χ3n) is 4.20. The van der Waals surface area contributed by atoms with E-state index in [-0.39, 0.29) is 23.3 Å². The highest BCUT2D eigenvalue weighted by Gasteiger charge is 2.30. The monoisotopic (exact) mass is 378 g/mol. The second-order valence-electron chi connectivity index (χ2n) is 6.14. The van der Waals surface area contributed by atoms with Crippen LogP contribution in [-0.2, 0) is 21.4 Å². The summed E-state index contributed by atoms with van der Waals surface area (Å²) in [4.78, 5) is 14.1. The molecule has 1 fully saturated rings. The maximum atomic E-state index is 12.3.